The summed E-state index contributed by atoms with van der Waals surface area (Å²) >= 11 is 0. The molecule has 2 unspecified atom stereocenters. The lowest BCUT2D eigenvalue weighted by molar-refractivity contribution is -0.121. The van der Waals surface area contributed by atoms with Crippen molar-refractivity contribution in [1.29, 1.82) is 0 Å². The Balaban J connectivity index is 3.92. The van der Waals surface area contributed by atoms with Crippen molar-refractivity contribution in [3.05, 3.63) is 0 Å². The van der Waals surface area contributed by atoms with Crippen LogP contribution in [0.5, 0.6) is 0 Å². The number of amides is 3. The van der Waals surface area contributed by atoms with Crippen molar-refractivity contribution in [1.82, 2.24) is 20.9 Å². The summed E-state index contributed by atoms with van der Waals surface area (Å²) in [6.45, 7) is 11.4. The minimum absolute atomic E-state index is 0.246. The summed E-state index contributed by atoms with van der Waals surface area (Å²) in [5.41, 5.74) is 0. The molecule has 0 aromatic heterocycles. The molecule has 3 amide bonds. The monoisotopic (exact) mass is 286 g/mol. The Morgan fingerprint density at radius 3 is 2.25 bits per heavy atom. The molecule has 0 saturated carbocycles. The van der Waals surface area contributed by atoms with Crippen LogP contribution in [-0.2, 0) is 4.79 Å². The number of carbonyl (C=O) groups is 2. The van der Waals surface area contributed by atoms with E-state index < -0.39 is 6.03 Å². The molecule has 0 bridgehead atoms. The van der Waals surface area contributed by atoms with E-state index in [4.69, 9.17) is 0 Å². The standard InChI is InChI=1S/C14H30N4O2/c1-6-18(7-2)10-8-9-11(3)16-12(4)13(19)17-14(20)15-5/h11-12,16H,6-10H2,1-5H3,(H2,15,17,19,20). The molecule has 0 aliphatic rings. The highest BCUT2D eigenvalue weighted by atomic mass is 16.2. The number of hydrogen-bond donors (Lipinski definition) is 3. The Hall–Kier alpha value is -1.14. The molecule has 0 heterocycles. The first-order valence-electron chi connectivity index (χ1n) is 7.45. The van der Waals surface area contributed by atoms with Crippen LogP contribution in [0.2, 0.25) is 0 Å². The number of nitrogens with zero attached hydrogens (tertiary/aromatic N) is 1. The van der Waals surface area contributed by atoms with Crippen molar-refractivity contribution in [2.75, 3.05) is 26.7 Å². The minimum Gasteiger partial charge on any atom is -0.341 e. The second-order valence-corrected chi connectivity index (χ2v) is 5.03. The van der Waals surface area contributed by atoms with Gasteiger partial charge in [0.25, 0.3) is 0 Å². The van der Waals surface area contributed by atoms with Crippen molar-refractivity contribution >= 4 is 11.9 Å². The van der Waals surface area contributed by atoms with Gasteiger partial charge in [-0.2, -0.15) is 0 Å². The molecule has 3 N–H and O–H groups in total. The molecule has 0 aliphatic carbocycles. The number of nitrogens with one attached hydrogen (secondary N) is 3. The first kappa shape index (κ1) is 18.9. The van der Waals surface area contributed by atoms with Crippen LogP contribution >= 0.6 is 0 Å². The summed E-state index contributed by atoms with van der Waals surface area (Å²) in [7, 11) is 1.48. The van der Waals surface area contributed by atoms with E-state index in [9.17, 15) is 9.59 Å². The molecular formula is C14H30N4O2. The highest BCUT2D eigenvalue weighted by Crippen LogP contribution is 2.01. The summed E-state index contributed by atoms with van der Waals surface area (Å²) in [6, 6.07) is -0.607. The highest BCUT2D eigenvalue weighted by molar-refractivity contribution is 5.96. The molecular weight excluding hydrogens is 256 g/mol. The topological polar surface area (TPSA) is 73.5 Å². The first-order valence-corrected chi connectivity index (χ1v) is 7.45. The minimum atomic E-state index is -0.474. The molecule has 0 rings (SSSR count). The summed E-state index contributed by atoms with van der Waals surface area (Å²) in [4.78, 5) is 25.1. The lowest BCUT2D eigenvalue weighted by atomic mass is 10.1. The van der Waals surface area contributed by atoms with Gasteiger partial charge in [-0.3, -0.25) is 10.1 Å². The van der Waals surface area contributed by atoms with Crippen molar-refractivity contribution in [2.24, 2.45) is 0 Å². The Kier molecular flexibility index (Phi) is 10.0. The average Bonchev–Trinajstić information content (AvgIpc) is 2.43. The van der Waals surface area contributed by atoms with Gasteiger partial charge in [-0.15, -0.1) is 0 Å². The molecule has 0 spiro atoms. The Bertz CT molecular complexity index is 293. The van der Waals surface area contributed by atoms with Crippen LogP contribution in [0.3, 0.4) is 0 Å². The molecule has 2 atom stereocenters. The van der Waals surface area contributed by atoms with Crippen LogP contribution in [0.25, 0.3) is 0 Å². The van der Waals surface area contributed by atoms with E-state index in [1.807, 2.05) is 0 Å². The third-order valence-corrected chi connectivity index (χ3v) is 3.40. The highest BCUT2D eigenvalue weighted by Gasteiger charge is 2.16. The van der Waals surface area contributed by atoms with E-state index >= 15 is 0 Å². The number of urea groups is 1. The predicted molar refractivity (Wildman–Crippen MR) is 81.7 cm³/mol. The summed E-state index contributed by atoms with van der Waals surface area (Å²) in [6.07, 6.45) is 2.10. The van der Waals surface area contributed by atoms with E-state index in [0.29, 0.717) is 0 Å². The summed E-state index contributed by atoms with van der Waals surface area (Å²) < 4.78 is 0. The molecule has 20 heavy (non-hydrogen) atoms. The number of carbonyl (C=O) groups excluding carboxylic acids is 2. The molecule has 0 radical (unpaired) electrons. The van der Waals surface area contributed by atoms with Crippen LogP contribution < -0.4 is 16.0 Å². The number of hydrogen-bond acceptors (Lipinski definition) is 4. The van der Waals surface area contributed by atoms with Gasteiger partial charge in [0.05, 0.1) is 6.04 Å². The van der Waals surface area contributed by atoms with E-state index in [1.165, 1.54) is 7.05 Å². The van der Waals surface area contributed by atoms with Gasteiger partial charge in [-0.25, -0.2) is 4.79 Å². The number of rotatable bonds is 9. The third-order valence-electron chi connectivity index (χ3n) is 3.40. The Morgan fingerprint density at radius 2 is 1.75 bits per heavy atom. The molecule has 6 nitrogen and oxygen atoms in total. The normalized spacial score (nSPS) is 13.9. The van der Waals surface area contributed by atoms with Gasteiger partial charge in [-0.1, -0.05) is 13.8 Å². The van der Waals surface area contributed by atoms with E-state index in [-0.39, 0.29) is 18.0 Å². The zero-order chi connectivity index (χ0) is 15.5. The van der Waals surface area contributed by atoms with Gasteiger partial charge < -0.3 is 15.5 Å². The lowest BCUT2D eigenvalue weighted by Crippen LogP contribution is -2.49. The SMILES string of the molecule is CCN(CC)CCCC(C)NC(C)C(=O)NC(=O)NC. The largest absolute Gasteiger partial charge is 0.341 e. The molecule has 0 aliphatic heterocycles. The molecule has 0 aromatic rings. The predicted octanol–water partition coefficient (Wildman–Crippen LogP) is 0.931. The van der Waals surface area contributed by atoms with Gasteiger partial charge >= 0.3 is 6.03 Å². The van der Waals surface area contributed by atoms with Gasteiger partial charge in [-0.05, 0) is 46.3 Å². The smallest absolute Gasteiger partial charge is 0.321 e. The van der Waals surface area contributed by atoms with E-state index in [0.717, 1.165) is 32.5 Å². The van der Waals surface area contributed by atoms with Gasteiger partial charge in [0.15, 0.2) is 0 Å². The maximum atomic E-state index is 11.7. The van der Waals surface area contributed by atoms with Crippen LogP contribution in [0.1, 0.15) is 40.5 Å². The van der Waals surface area contributed by atoms with Crippen molar-refractivity contribution < 1.29 is 9.59 Å². The fourth-order valence-corrected chi connectivity index (χ4v) is 2.03. The lowest BCUT2D eigenvalue weighted by Gasteiger charge is -2.21. The Labute approximate surface area is 122 Å². The number of imide groups is 1. The van der Waals surface area contributed by atoms with Crippen LogP contribution in [-0.4, -0.2) is 55.6 Å². The molecule has 0 aromatic carbocycles. The zero-order valence-electron chi connectivity index (χ0n) is 13.5. The Morgan fingerprint density at radius 1 is 1.15 bits per heavy atom. The van der Waals surface area contributed by atoms with Crippen LogP contribution in [0.15, 0.2) is 0 Å². The van der Waals surface area contributed by atoms with Crippen molar-refractivity contribution in [2.45, 2.75) is 52.6 Å². The molecule has 118 valence electrons. The quantitative estimate of drug-likeness (QED) is 0.589. The molecule has 0 fully saturated rings. The first-order chi connectivity index (χ1) is 9.44. The maximum absolute atomic E-state index is 11.7. The van der Waals surface area contributed by atoms with Crippen molar-refractivity contribution in [3.63, 3.8) is 0 Å². The van der Waals surface area contributed by atoms with Gasteiger partial charge in [0, 0.05) is 13.1 Å². The van der Waals surface area contributed by atoms with Crippen molar-refractivity contribution in [3.8, 4) is 0 Å². The molecule has 0 saturated heterocycles. The van der Waals surface area contributed by atoms with Crippen LogP contribution in [0.4, 0.5) is 4.79 Å². The maximum Gasteiger partial charge on any atom is 0.321 e. The van der Waals surface area contributed by atoms with E-state index in [2.05, 4.69) is 41.6 Å². The molecule has 6 heteroatoms. The fourth-order valence-electron chi connectivity index (χ4n) is 2.03. The van der Waals surface area contributed by atoms with Gasteiger partial charge in [0.2, 0.25) is 5.91 Å². The van der Waals surface area contributed by atoms with Gasteiger partial charge in [0.1, 0.15) is 0 Å². The third kappa shape index (κ3) is 8.12. The second-order valence-electron chi connectivity index (χ2n) is 5.03. The fraction of sp³-hybridized carbons (Fsp3) is 0.857. The second kappa shape index (κ2) is 10.6. The van der Waals surface area contributed by atoms with Crippen LogP contribution in [0, 0.1) is 0 Å². The summed E-state index contributed by atoms with van der Waals surface area (Å²) in [5.74, 6) is -0.306. The average molecular weight is 286 g/mol. The zero-order valence-corrected chi connectivity index (χ0v) is 13.5. The van der Waals surface area contributed by atoms with E-state index in [1.54, 1.807) is 6.92 Å². The summed E-state index contributed by atoms with van der Waals surface area (Å²) in [5, 5.41) is 7.84.